The average Bonchev–Trinajstić information content (AvgIpc) is 3.13. The molecule has 3 nitrogen and oxygen atoms in total. The number of hydrogen-bond acceptors (Lipinski definition) is 5. The van der Waals surface area contributed by atoms with Gasteiger partial charge >= 0.3 is 5.97 Å². The highest BCUT2D eigenvalue weighted by Gasteiger charge is 2.11. The number of carbonyl (C=O) groups excluding carboxylic acids is 1. The van der Waals surface area contributed by atoms with Crippen LogP contribution in [0.3, 0.4) is 0 Å². The number of nitrogens with zero attached hydrogens (tertiary/aromatic N) is 1. The van der Waals surface area contributed by atoms with Gasteiger partial charge in [0.1, 0.15) is 10.8 Å². The fourth-order valence-electron chi connectivity index (χ4n) is 2.00. The third kappa shape index (κ3) is 3.43. The van der Waals surface area contributed by atoms with E-state index < -0.39 is 0 Å². The summed E-state index contributed by atoms with van der Waals surface area (Å²) in [5, 5.41) is 6.92. The van der Waals surface area contributed by atoms with E-state index in [1.807, 2.05) is 48.9 Å². The van der Waals surface area contributed by atoms with Crippen LogP contribution in [0.1, 0.15) is 16.8 Å². The molecule has 3 rings (SSSR count). The van der Waals surface area contributed by atoms with Crippen molar-refractivity contribution in [3.63, 3.8) is 0 Å². The lowest BCUT2D eigenvalue weighted by atomic mass is 10.1. The number of aromatic nitrogens is 1. The standard InChI is InChI=1S/C17H15NO2S2/c1-11-3-4-15(7-12(11)2)20-16(19)8-14-10-22-17(18-14)13-5-6-21-9-13/h3-7,9-10H,8H2,1-2H3. The van der Waals surface area contributed by atoms with Gasteiger partial charge in [-0.15, -0.1) is 11.3 Å². The Morgan fingerprint density at radius 3 is 2.77 bits per heavy atom. The number of ether oxygens (including phenoxy) is 1. The van der Waals surface area contributed by atoms with Crippen LogP contribution < -0.4 is 4.74 Å². The Balaban J connectivity index is 1.65. The van der Waals surface area contributed by atoms with E-state index >= 15 is 0 Å². The molecule has 0 aliphatic rings. The van der Waals surface area contributed by atoms with Crippen molar-refractivity contribution in [2.75, 3.05) is 0 Å². The van der Waals surface area contributed by atoms with Crippen molar-refractivity contribution in [3.05, 3.63) is 57.2 Å². The number of rotatable bonds is 4. The van der Waals surface area contributed by atoms with E-state index in [2.05, 4.69) is 10.4 Å². The molecule has 0 fully saturated rings. The molecule has 1 aromatic carbocycles. The Bertz CT molecular complexity index is 791. The van der Waals surface area contributed by atoms with Gasteiger partial charge in [-0.1, -0.05) is 6.07 Å². The molecule has 0 unspecified atom stereocenters. The predicted octanol–water partition coefficient (Wildman–Crippen LogP) is 4.64. The normalized spacial score (nSPS) is 10.6. The first-order valence-electron chi connectivity index (χ1n) is 6.87. The number of benzene rings is 1. The van der Waals surface area contributed by atoms with Crippen LogP contribution in [0.4, 0.5) is 0 Å². The molecule has 0 N–H and O–H groups in total. The van der Waals surface area contributed by atoms with Crippen LogP contribution in [-0.4, -0.2) is 11.0 Å². The lowest BCUT2D eigenvalue weighted by Gasteiger charge is -2.05. The smallest absolute Gasteiger partial charge is 0.317 e. The Kier molecular flexibility index (Phi) is 4.36. The molecule has 0 radical (unpaired) electrons. The fourth-order valence-corrected chi connectivity index (χ4v) is 3.53. The molecule has 0 saturated carbocycles. The van der Waals surface area contributed by atoms with Gasteiger partial charge in [-0.3, -0.25) is 4.79 Å². The van der Waals surface area contributed by atoms with E-state index in [9.17, 15) is 4.79 Å². The van der Waals surface area contributed by atoms with E-state index in [-0.39, 0.29) is 12.4 Å². The van der Waals surface area contributed by atoms with Gasteiger partial charge < -0.3 is 4.74 Å². The van der Waals surface area contributed by atoms with Gasteiger partial charge in [0.2, 0.25) is 0 Å². The fraction of sp³-hybridized carbons (Fsp3) is 0.176. The van der Waals surface area contributed by atoms with Crippen LogP contribution in [0.5, 0.6) is 5.75 Å². The van der Waals surface area contributed by atoms with Crippen molar-refractivity contribution in [3.8, 4) is 16.3 Å². The van der Waals surface area contributed by atoms with Crippen molar-refractivity contribution < 1.29 is 9.53 Å². The first-order valence-corrected chi connectivity index (χ1v) is 8.69. The highest BCUT2D eigenvalue weighted by molar-refractivity contribution is 7.14. The minimum atomic E-state index is -0.287. The zero-order valence-corrected chi connectivity index (χ0v) is 14.0. The second-order valence-corrected chi connectivity index (χ2v) is 6.69. The quantitative estimate of drug-likeness (QED) is 0.517. The molecule has 0 atom stereocenters. The van der Waals surface area contributed by atoms with E-state index in [4.69, 9.17) is 4.74 Å². The molecule has 2 aromatic heterocycles. The predicted molar refractivity (Wildman–Crippen MR) is 90.7 cm³/mol. The maximum atomic E-state index is 12.0. The summed E-state index contributed by atoms with van der Waals surface area (Å²) in [6, 6.07) is 7.68. The largest absolute Gasteiger partial charge is 0.426 e. The Hall–Kier alpha value is -1.98. The highest BCUT2D eigenvalue weighted by Crippen LogP contribution is 2.26. The molecule has 0 aliphatic carbocycles. The summed E-state index contributed by atoms with van der Waals surface area (Å²) < 4.78 is 5.38. The first kappa shape index (κ1) is 14.9. The molecule has 0 aliphatic heterocycles. The lowest BCUT2D eigenvalue weighted by molar-refractivity contribution is -0.133. The number of carbonyl (C=O) groups is 1. The second kappa shape index (κ2) is 6.42. The molecule has 5 heteroatoms. The Labute approximate surface area is 137 Å². The van der Waals surface area contributed by atoms with Crippen LogP contribution in [-0.2, 0) is 11.2 Å². The summed E-state index contributed by atoms with van der Waals surface area (Å²) >= 11 is 3.18. The molecule has 2 heterocycles. The van der Waals surface area contributed by atoms with E-state index in [1.54, 1.807) is 22.7 Å². The van der Waals surface area contributed by atoms with Gasteiger partial charge in [0.05, 0.1) is 12.1 Å². The zero-order valence-electron chi connectivity index (χ0n) is 12.3. The van der Waals surface area contributed by atoms with Crippen molar-refractivity contribution in [2.24, 2.45) is 0 Å². The van der Waals surface area contributed by atoms with Gasteiger partial charge in [-0.25, -0.2) is 4.98 Å². The molecule has 0 amide bonds. The van der Waals surface area contributed by atoms with Crippen LogP contribution in [0, 0.1) is 13.8 Å². The monoisotopic (exact) mass is 329 g/mol. The number of hydrogen-bond donors (Lipinski definition) is 0. The van der Waals surface area contributed by atoms with Crippen molar-refractivity contribution in [1.29, 1.82) is 0 Å². The van der Waals surface area contributed by atoms with Gasteiger partial charge in [-0.05, 0) is 48.6 Å². The van der Waals surface area contributed by atoms with Crippen molar-refractivity contribution in [2.45, 2.75) is 20.3 Å². The molecule has 112 valence electrons. The average molecular weight is 329 g/mol. The van der Waals surface area contributed by atoms with Gasteiger partial charge in [0, 0.05) is 16.3 Å². The van der Waals surface area contributed by atoms with E-state index in [0.29, 0.717) is 5.75 Å². The maximum Gasteiger partial charge on any atom is 0.317 e. The van der Waals surface area contributed by atoms with E-state index in [0.717, 1.165) is 21.8 Å². The SMILES string of the molecule is Cc1ccc(OC(=O)Cc2csc(-c3ccsc3)n2)cc1C. The molecule has 0 bridgehead atoms. The van der Waals surface area contributed by atoms with Crippen LogP contribution in [0.2, 0.25) is 0 Å². The molecule has 22 heavy (non-hydrogen) atoms. The topological polar surface area (TPSA) is 39.2 Å². The summed E-state index contributed by atoms with van der Waals surface area (Å²) in [5.41, 5.74) is 4.14. The lowest BCUT2D eigenvalue weighted by Crippen LogP contribution is -2.11. The summed E-state index contributed by atoms with van der Waals surface area (Å²) in [6.45, 7) is 4.03. The molecular weight excluding hydrogens is 314 g/mol. The van der Waals surface area contributed by atoms with E-state index in [1.165, 1.54) is 5.56 Å². The summed E-state index contributed by atoms with van der Waals surface area (Å²) in [7, 11) is 0. The van der Waals surface area contributed by atoms with Crippen LogP contribution >= 0.6 is 22.7 Å². The highest BCUT2D eigenvalue weighted by atomic mass is 32.1. The molecule has 3 aromatic rings. The number of aryl methyl sites for hydroxylation is 2. The zero-order chi connectivity index (χ0) is 15.5. The minimum absolute atomic E-state index is 0.188. The van der Waals surface area contributed by atoms with Crippen LogP contribution in [0.15, 0.2) is 40.4 Å². The Morgan fingerprint density at radius 1 is 1.18 bits per heavy atom. The van der Waals surface area contributed by atoms with Crippen molar-refractivity contribution in [1.82, 2.24) is 4.98 Å². The first-order chi connectivity index (χ1) is 10.6. The molecular formula is C17H15NO2S2. The van der Waals surface area contributed by atoms with Crippen LogP contribution in [0.25, 0.3) is 10.6 Å². The summed E-state index contributed by atoms with van der Waals surface area (Å²) in [5.74, 6) is 0.298. The number of thiazole rings is 1. The Morgan fingerprint density at radius 2 is 2.05 bits per heavy atom. The second-order valence-electron chi connectivity index (χ2n) is 5.05. The summed E-state index contributed by atoms with van der Waals surface area (Å²) in [4.78, 5) is 16.5. The van der Waals surface area contributed by atoms with Gasteiger partial charge in [-0.2, -0.15) is 11.3 Å². The third-order valence-corrected chi connectivity index (χ3v) is 4.98. The maximum absolute atomic E-state index is 12.0. The minimum Gasteiger partial charge on any atom is -0.426 e. The number of thiophene rings is 1. The third-order valence-electron chi connectivity index (χ3n) is 3.36. The number of esters is 1. The van der Waals surface area contributed by atoms with Gasteiger partial charge in [0.15, 0.2) is 0 Å². The molecule has 0 saturated heterocycles. The summed E-state index contributed by atoms with van der Waals surface area (Å²) in [6.07, 6.45) is 0.188. The van der Waals surface area contributed by atoms with Gasteiger partial charge in [0.25, 0.3) is 0 Å². The van der Waals surface area contributed by atoms with Crippen molar-refractivity contribution >= 4 is 28.6 Å². The molecule has 0 spiro atoms.